The van der Waals surface area contributed by atoms with Crippen LogP contribution in [0.4, 0.5) is 4.79 Å². The van der Waals surface area contributed by atoms with Gasteiger partial charge < -0.3 is 9.47 Å². The molecular formula is C11H11NO6S. The summed E-state index contributed by atoms with van der Waals surface area (Å²) >= 11 is 0. The third-order valence-electron chi connectivity index (χ3n) is 2.37. The van der Waals surface area contributed by atoms with Gasteiger partial charge >= 0.3 is 12.1 Å². The third-order valence-corrected chi connectivity index (χ3v) is 3.70. The summed E-state index contributed by atoms with van der Waals surface area (Å²) < 4.78 is 34.7. The first kappa shape index (κ1) is 13.3. The second-order valence-corrected chi connectivity index (χ2v) is 5.52. The van der Waals surface area contributed by atoms with Gasteiger partial charge in [0.05, 0.1) is 11.3 Å². The molecular weight excluding hydrogens is 274 g/mol. The van der Waals surface area contributed by atoms with Gasteiger partial charge in [-0.05, 0) is 12.1 Å². The highest BCUT2D eigenvalue weighted by Crippen LogP contribution is 2.11. The number of sulfonamides is 1. The zero-order valence-corrected chi connectivity index (χ0v) is 10.6. The van der Waals surface area contributed by atoms with Crippen LogP contribution in [0.2, 0.25) is 0 Å². The van der Waals surface area contributed by atoms with Gasteiger partial charge in [-0.2, -0.15) is 0 Å². The zero-order valence-electron chi connectivity index (χ0n) is 9.74. The van der Waals surface area contributed by atoms with Crippen LogP contribution in [-0.2, 0) is 24.3 Å². The second kappa shape index (κ2) is 5.27. The first-order valence-electron chi connectivity index (χ1n) is 5.41. The molecule has 1 unspecified atom stereocenters. The zero-order chi connectivity index (χ0) is 13.9. The highest BCUT2D eigenvalue weighted by atomic mass is 32.2. The molecule has 1 aliphatic rings. The topological polar surface area (TPSA) is 98.8 Å². The summed E-state index contributed by atoms with van der Waals surface area (Å²) in [5.74, 6) is -0.483. The molecule has 1 aromatic rings. The predicted molar refractivity (Wildman–Crippen MR) is 62.6 cm³/mol. The predicted octanol–water partition coefficient (Wildman–Crippen LogP) is 0.417. The van der Waals surface area contributed by atoms with Crippen molar-refractivity contribution in [3.05, 3.63) is 30.3 Å². The van der Waals surface area contributed by atoms with Crippen LogP contribution in [0.15, 0.2) is 35.2 Å². The van der Waals surface area contributed by atoms with E-state index in [0.717, 1.165) is 0 Å². The summed E-state index contributed by atoms with van der Waals surface area (Å²) in [6, 6.07) is 7.40. The van der Waals surface area contributed by atoms with Gasteiger partial charge in [-0.25, -0.2) is 17.9 Å². The Morgan fingerprint density at radius 2 is 2.00 bits per heavy atom. The summed E-state index contributed by atoms with van der Waals surface area (Å²) in [5, 5.41) is 0. The Labute approximate surface area is 109 Å². The van der Waals surface area contributed by atoms with Gasteiger partial charge in [0, 0.05) is 0 Å². The molecule has 1 heterocycles. The van der Waals surface area contributed by atoms with Crippen LogP contribution in [0, 0.1) is 0 Å². The summed E-state index contributed by atoms with van der Waals surface area (Å²) in [6.07, 6.45) is -1.95. The minimum absolute atomic E-state index is 0.0503. The van der Waals surface area contributed by atoms with Gasteiger partial charge in [0.15, 0.2) is 0 Å². The smallest absolute Gasteiger partial charge is 0.421 e. The Kier molecular flexibility index (Phi) is 3.70. The Morgan fingerprint density at radius 1 is 1.32 bits per heavy atom. The molecule has 19 heavy (non-hydrogen) atoms. The minimum atomic E-state index is -3.96. The average molecular weight is 285 g/mol. The number of amides is 1. The number of ether oxygens (including phenoxy) is 2. The fourth-order valence-corrected chi connectivity index (χ4v) is 2.41. The number of hydrogen-bond acceptors (Lipinski definition) is 6. The van der Waals surface area contributed by atoms with E-state index >= 15 is 0 Å². The quantitative estimate of drug-likeness (QED) is 0.808. The molecule has 0 radical (unpaired) electrons. The van der Waals surface area contributed by atoms with Crippen molar-refractivity contribution in [3.8, 4) is 0 Å². The van der Waals surface area contributed by atoms with E-state index in [1.807, 2.05) is 0 Å². The van der Waals surface area contributed by atoms with Crippen LogP contribution < -0.4 is 4.72 Å². The van der Waals surface area contributed by atoms with Crippen molar-refractivity contribution in [1.82, 2.24) is 4.72 Å². The molecule has 0 saturated carbocycles. The van der Waals surface area contributed by atoms with Gasteiger partial charge in [-0.15, -0.1) is 0 Å². The number of hydrogen-bond donors (Lipinski definition) is 1. The SMILES string of the molecule is O=C1CC(OC(=O)NS(=O)(=O)c2ccccc2)CO1. The largest absolute Gasteiger partial charge is 0.462 e. The van der Waals surface area contributed by atoms with Crippen molar-refractivity contribution < 1.29 is 27.5 Å². The van der Waals surface area contributed by atoms with Gasteiger partial charge in [0.1, 0.15) is 12.7 Å². The lowest BCUT2D eigenvalue weighted by Crippen LogP contribution is -2.34. The number of nitrogens with one attached hydrogen (secondary N) is 1. The van der Waals surface area contributed by atoms with Crippen molar-refractivity contribution in [2.24, 2.45) is 0 Å². The van der Waals surface area contributed by atoms with Gasteiger partial charge in [0.25, 0.3) is 10.0 Å². The number of benzene rings is 1. The minimum Gasteiger partial charge on any atom is -0.462 e. The molecule has 0 bridgehead atoms. The summed E-state index contributed by atoms with van der Waals surface area (Å²) in [5.41, 5.74) is 0. The van der Waals surface area contributed by atoms with E-state index in [1.54, 1.807) is 10.8 Å². The average Bonchev–Trinajstić information content (AvgIpc) is 2.75. The van der Waals surface area contributed by atoms with Crippen LogP contribution in [0.25, 0.3) is 0 Å². The molecule has 102 valence electrons. The number of carbonyl (C=O) groups excluding carboxylic acids is 2. The molecule has 1 aromatic carbocycles. The van der Waals surface area contributed by atoms with Crippen LogP contribution in [-0.4, -0.2) is 33.2 Å². The molecule has 0 aromatic heterocycles. The van der Waals surface area contributed by atoms with Crippen molar-refractivity contribution in [1.29, 1.82) is 0 Å². The van der Waals surface area contributed by atoms with Crippen molar-refractivity contribution in [3.63, 3.8) is 0 Å². The highest BCUT2D eigenvalue weighted by molar-refractivity contribution is 7.90. The van der Waals surface area contributed by atoms with E-state index in [0.29, 0.717) is 0 Å². The number of rotatable bonds is 3. The fourth-order valence-electron chi connectivity index (χ4n) is 1.51. The van der Waals surface area contributed by atoms with Crippen molar-refractivity contribution in [2.45, 2.75) is 17.4 Å². The monoisotopic (exact) mass is 285 g/mol. The lowest BCUT2D eigenvalue weighted by atomic mass is 10.3. The molecule has 1 saturated heterocycles. The van der Waals surface area contributed by atoms with E-state index < -0.39 is 28.2 Å². The summed E-state index contributed by atoms with van der Waals surface area (Å²) in [4.78, 5) is 22.2. The first-order valence-corrected chi connectivity index (χ1v) is 6.90. The normalized spacial score (nSPS) is 18.7. The molecule has 0 spiro atoms. The van der Waals surface area contributed by atoms with Crippen LogP contribution in [0.3, 0.4) is 0 Å². The molecule has 1 aliphatic heterocycles. The van der Waals surface area contributed by atoms with E-state index in [4.69, 9.17) is 4.74 Å². The third kappa shape index (κ3) is 3.44. The van der Waals surface area contributed by atoms with Crippen molar-refractivity contribution in [2.75, 3.05) is 6.61 Å². The van der Waals surface area contributed by atoms with E-state index in [-0.39, 0.29) is 17.9 Å². The molecule has 1 atom stereocenters. The maximum atomic E-state index is 11.8. The maximum Gasteiger partial charge on any atom is 0.421 e. The molecule has 0 aliphatic carbocycles. The van der Waals surface area contributed by atoms with Crippen LogP contribution in [0.1, 0.15) is 6.42 Å². The van der Waals surface area contributed by atoms with Crippen LogP contribution >= 0.6 is 0 Å². The summed E-state index contributed by atoms with van der Waals surface area (Å²) in [6.45, 7) is -0.0579. The van der Waals surface area contributed by atoms with E-state index in [1.165, 1.54) is 24.3 Å². The Hall–Kier alpha value is -2.09. The number of esters is 1. The maximum absolute atomic E-state index is 11.8. The van der Waals surface area contributed by atoms with Crippen molar-refractivity contribution >= 4 is 22.1 Å². The fraction of sp³-hybridized carbons (Fsp3) is 0.273. The summed E-state index contributed by atoms with van der Waals surface area (Å²) in [7, 11) is -3.96. The first-order chi connectivity index (χ1) is 8.97. The van der Waals surface area contributed by atoms with E-state index in [2.05, 4.69) is 4.74 Å². The van der Waals surface area contributed by atoms with Crippen LogP contribution in [0.5, 0.6) is 0 Å². The van der Waals surface area contributed by atoms with E-state index in [9.17, 15) is 18.0 Å². The standard InChI is InChI=1S/C11H11NO6S/c13-10-6-8(7-17-10)18-11(14)12-19(15,16)9-4-2-1-3-5-9/h1-5,8H,6-7H2,(H,12,14). The number of carbonyl (C=O) groups is 2. The van der Waals surface area contributed by atoms with Gasteiger partial charge in [-0.1, -0.05) is 18.2 Å². The van der Waals surface area contributed by atoms with Gasteiger partial charge in [-0.3, -0.25) is 4.79 Å². The van der Waals surface area contributed by atoms with Gasteiger partial charge in [0.2, 0.25) is 0 Å². The Morgan fingerprint density at radius 3 is 2.58 bits per heavy atom. The molecule has 2 rings (SSSR count). The highest BCUT2D eigenvalue weighted by Gasteiger charge is 2.28. The Bertz CT molecular complexity index is 582. The lowest BCUT2D eigenvalue weighted by Gasteiger charge is -2.10. The molecule has 1 N–H and O–H groups in total. The lowest BCUT2D eigenvalue weighted by molar-refractivity contribution is -0.137. The Balaban J connectivity index is 1.97. The molecule has 7 nitrogen and oxygen atoms in total. The second-order valence-electron chi connectivity index (χ2n) is 3.83. The molecule has 1 fully saturated rings. The molecule has 1 amide bonds. The molecule has 8 heteroatoms. The number of cyclic esters (lactones) is 1.